The number of benzene rings is 2. The lowest BCUT2D eigenvalue weighted by Gasteiger charge is -2.21. The number of carboxylic acids is 1. The van der Waals surface area contributed by atoms with Crippen molar-refractivity contribution in [1.29, 1.82) is 5.26 Å². The van der Waals surface area contributed by atoms with Crippen molar-refractivity contribution in [1.82, 2.24) is 20.1 Å². The van der Waals surface area contributed by atoms with E-state index in [9.17, 15) is 14.9 Å². The van der Waals surface area contributed by atoms with Gasteiger partial charge in [-0.25, -0.2) is 9.59 Å². The van der Waals surface area contributed by atoms with E-state index in [-0.39, 0.29) is 11.3 Å². The highest BCUT2D eigenvalue weighted by molar-refractivity contribution is 7.15. The molecule has 0 fully saturated rings. The highest BCUT2D eigenvalue weighted by Gasteiger charge is 2.33. The number of thiophene rings is 1. The van der Waals surface area contributed by atoms with Crippen LogP contribution < -0.4 is 10.1 Å². The number of nitrogens with zero attached hydrogens (tertiary/aromatic N) is 5. The van der Waals surface area contributed by atoms with Crippen LogP contribution in [0.1, 0.15) is 65.7 Å². The second kappa shape index (κ2) is 11.3. The molecule has 0 aliphatic carbocycles. The topological polar surface area (TPSA) is 152 Å². The number of rotatable bonds is 6. The van der Waals surface area contributed by atoms with Crippen molar-refractivity contribution in [2.45, 2.75) is 53.3 Å². The number of nitrogens with one attached hydrogen (secondary N) is 1. The van der Waals surface area contributed by atoms with E-state index in [1.165, 1.54) is 0 Å². The van der Waals surface area contributed by atoms with Gasteiger partial charge in [0, 0.05) is 16.0 Å². The first-order chi connectivity index (χ1) is 20.4. The van der Waals surface area contributed by atoms with Gasteiger partial charge >= 0.3 is 12.1 Å². The van der Waals surface area contributed by atoms with Crippen LogP contribution in [0, 0.1) is 32.1 Å². The van der Waals surface area contributed by atoms with Gasteiger partial charge in [-0.1, -0.05) is 30.3 Å². The Morgan fingerprint density at radius 2 is 1.74 bits per heavy atom. The van der Waals surface area contributed by atoms with Crippen molar-refractivity contribution >= 4 is 29.1 Å². The number of alkyl carbamates (subject to hydrolysis) is 1. The summed E-state index contributed by atoms with van der Waals surface area (Å²) in [7, 11) is 0. The minimum absolute atomic E-state index is 0.208. The van der Waals surface area contributed by atoms with Crippen LogP contribution in [0.2, 0.25) is 0 Å². The number of hydrogen-bond donors (Lipinski definition) is 2. The molecule has 0 saturated heterocycles. The second-order valence-electron chi connectivity index (χ2n) is 11.0. The van der Waals surface area contributed by atoms with Crippen molar-refractivity contribution in [2.24, 2.45) is 4.99 Å². The van der Waals surface area contributed by atoms with Crippen LogP contribution in [-0.2, 0) is 9.53 Å². The average molecular weight is 599 g/mol. The third-order valence-electron chi connectivity index (χ3n) is 6.76. The molecule has 2 aromatic heterocycles. The van der Waals surface area contributed by atoms with E-state index in [0.29, 0.717) is 17.4 Å². The minimum atomic E-state index is -1.12. The van der Waals surface area contributed by atoms with Gasteiger partial charge in [0.05, 0.1) is 11.3 Å². The molecule has 12 heteroatoms. The molecule has 1 amide bonds. The van der Waals surface area contributed by atoms with Gasteiger partial charge in [-0.2, -0.15) is 5.26 Å². The average Bonchev–Trinajstić information content (AvgIpc) is 3.42. The molecule has 11 nitrogen and oxygen atoms in total. The van der Waals surface area contributed by atoms with E-state index in [2.05, 4.69) is 28.5 Å². The van der Waals surface area contributed by atoms with Crippen molar-refractivity contribution < 1.29 is 24.2 Å². The molecule has 43 heavy (non-hydrogen) atoms. The molecule has 1 aliphatic rings. The number of carbonyl (C=O) groups excluding carboxylic acids is 1. The fourth-order valence-electron chi connectivity index (χ4n) is 4.72. The van der Waals surface area contributed by atoms with Gasteiger partial charge in [0.15, 0.2) is 18.6 Å². The van der Waals surface area contributed by atoms with Crippen molar-refractivity contribution in [2.75, 3.05) is 6.61 Å². The van der Waals surface area contributed by atoms with Gasteiger partial charge in [-0.15, -0.1) is 21.5 Å². The Bertz CT molecular complexity index is 1810. The highest BCUT2D eigenvalue weighted by Crippen LogP contribution is 2.38. The summed E-state index contributed by atoms with van der Waals surface area (Å²) in [5.74, 6) is 0.235. The molecular weight excluding hydrogens is 568 g/mol. The fraction of sp³-hybridized carbons (Fsp3) is 0.290. The smallest absolute Gasteiger partial charge is 0.409 e. The number of ether oxygens (including phenoxy) is 2. The van der Waals surface area contributed by atoms with Crippen LogP contribution in [0.3, 0.4) is 0 Å². The number of aryl methyl sites for hydroxylation is 2. The molecule has 5 rings (SSSR count). The molecule has 1 aliphatic heterocycles. The lowest BCUT2D eigenvalue weighted by molar-refractivity contribution is -0.139. The number of fused-ring (bicyclic) bond motifs is 3. The Labute approximate surface area is 252 Å². The SMILES string of the molecule is Cc1sc2c(c1C)C(c1ccc(-c3ccc(OCC(=O)O)c(C#N)c3)cc1)=NC(NC(=O)OC(C)(C)C)c1nnc(C)n1-2. The van der Waals surface area contributed by atoms with E-state index in [0.717, 1.165) is 37.7 Å². The molecule has 3 heterocycles. The Morgan fingerprint density at radius 3 is 2.40 bits per heavy atom. The standard InChI is InChI=1S/C31H30N6O5S/c1-16-17(2)43-29-25(16)26(33-27(28-36-35-18(3)37(28)29)34-30(40)42-31(4,5)6)20-9-7-19(8-10-20)21-11-12-23(22(13-21)14-32)41-15-24(38)39/h7-13,27H,15H2,1-6H3,(H,34,40)(H,38,39). The summed E-state index contributed by atoms with van der Waals surface area (Å²) in [6.07, 6.45) is -1.48. The van der Waals surface area contributed by atoms with Crippen molar-refractivity contribution in [3.8, 4) is 27.9 Å². The maximum atomic E-state index is 12.9. The second-order valence-corrected chi connectivity index (χ2v) is 12.2. The number of aromatic nitrogens is 3. The zero-order valence-electron chi connectivity index (χ0n) is 24.6. The molecular formula is C31H30N6O5S. The van der Waals surface area contributed by atoms with Gasteiger partial charge in [0.1, 0.15) is 28.2 Å². The largest absolute Gasteiger partial charge is 0.481 e. The first kappa shape index (κ1) is 29.5. The molecule has 0 radical (unpaired) electrons. The van der Waals surface area contributed by atoms with Crippen LogP contribution in [0.5, 0.6) is 5.75 Å². The van der Waals surface area contributed by atoms with Crippen LogP contribution >= 0.6 is 11.3 Å². The van der Waals surface area contributed by atoms with Gasteiger partial charge in [-0.05, 0) is 70.4 Å². The minimum Gasteiger partial charge on any atom is -0.481 e. The fourth-order valence-corrected chi connectivity index (χ4v) is 5.94. The molecule has 2 aromatic carbocycles. The summed E-state index contributed by atoms with van der Waals surface area (Å²) < 4.78 is 12.7. The number of carbonyl (C=O) groups is 2. The third-order valence-corrected chi connectivity index (χ3v) is 7.95. The summed E-state index contributed by atoms with van der Waals surface area (Å²) in [5.41, 5.74) is 4.65. The molecule has 1 unspecified atom stereocenters. The third kappa shape index (κ3) is 5.98. The zero-order chi connectivity index (χ0) is 31.1. The molecule has 0 saturated carbocycles. The first-order valence-electron chi connectivity index (χ1n) is 13.5. The summed E-state index contributed by atoms with van der Waals surface area (Å²) in [6.45, 7) is 10.8. The van der Waals surface area contributed by atoms with E-state index in [1.54, 1.807) is 50.3 Å². The number of aliphatic carboxylic acids is 1. The molecule has 4 aromatic rings. The molecule has 0 bridgehead atoms. The number of amides is 1. The zero-order valence-corrected chi connectivity index (χ0v) is 25.4. The summed E-state index contributed by atoms with van der Waals surface area (Å²) in [4.78, 5) is 29.9. The predicted molar refractivity (Wildman–Crippen MR) is 161 cm³/mol. The van der Waals surface area contributed by atoms with Gasteiger partial charge in [-0.3, -0.25) is 14.9 Å². The maximum Gasteiger partial charge on any atom is 0.409 e. The maximum absolute atomic E-state index is 12.9. The lowest BCUT2D eigenvalue weighted by atomic mass is 9.96. The van der Waals surface area contributed by atoms with E-state index in [1.807, 2.05) is 42.7 Å². The van der Waals surface area contributed by atoms with Gasteiger partial charge in [0.25, 0.3) is 0 Å². The van der Waals surface area contributed by atoms with Gasteiger partial charge < -0.3 is 14.6 Å². The normalized spacial score (nSPS) is 14.1. The number of nitriles is 1. The Kier molecular flexibility index (Phi) is 7.77. The highest BCUT2D eigenvalue weighted by atomic mass is 32.1. The molecule has 1 atom stereocenters. The van der Waals surface area contributed by atoms with Crippen LogP contribution in [0.25, 0.3) is 16.1 Å². The number of carboxylic acid groups (broad SMARTS) is 1. The molecule has 2 N–H and O–H groups in total. The molecule has 220 valence electrons. The van der Waals surface area contributed by atoms with E-state index >= 15 is 0 Å². The summed E-state index contributed by atoms with van der Waals surface area (Å²) in [5, 5.41) is 31.0. The van der Waals surface area contributed by atoms with Crippen LogP contribution in [0.15, 0.2) is 47.5 Å². The lowest BCUT2D eigenvalue weighted by Crippen LogP contribution is -2.35. The molecule has 0 spiro atoms. The Hall–Kier alpha value is -5.02. The van der Waals surface area contributed by atoms with Crippen molar-refractivity contribution in [3.63, 3.8) is 0 Å². The Morgan fingerprint density at radius 1 is 1.07 bits per heavy atom. The first-order valence-corrected chi connectivity index (χ1v) is 14.3. The van der Waals surface area contributed by atoms with Gasteiger partial charge in [0.2, 0.25) is 0 Å². The quantitative estimate of drug-likeness (QED) is 0.290. The number of aliphatic imine (C=N–C) groups is 1. The van der Waals surface area contributed by atoms with E-state index in [4.69, 9.17) is 19.6 Å². The number of hydrogen-bond acceptors (Lipinski definition) is 9. The monoisotopic (exact) mass is 598 g/mol. The Balaban J connectivity index is 1.57. The van der Waals surface area contributed by atoms with Crippen LogP contribution in [-0.4, -0.2) is 49.9 Å². The van der Waals surface area contributed by atoms with E-state index < -0.39 is 30.4 Å². The summed E-state index contributed by atoms with van der Waals surface area (Å²) in [6, 6.07) is 14.8. The van der Waals surface area contributed by atoms with Crippen molar-refractivity contribution in [3.05, 3.63) is 81.2 Å². The summed E-state index contributed by atoms with van der Waals surface area (Å²) >= 11 is 1.61. The predicted octanol–water partition coefficient (Wildman–Crippen LogP) is 5.63. The van der Waals surface area contributed by atoms with Crippen LogP contribution in [0.4, 0.5) is 4.79 Å².